The van der Waals surface area contributed by atoms with Gasteiger partial charge in [-0.3, -0.25) is 0 Å². The molecule has 0 aromatic rings. The van der Waals surface area contributed by atoms with Crippen molar-refractivity contribution < 1.29 is 23.1 Å². The Hall–Kier alpha value is -1.31. The van der Waals surface area contributed by atoms with Gasteiger partial charge in [0.15, 0.2) is 9.84 Å². The molecule has 0 bridgehead atoms. The summed E-state index contributed by atoms with van der Waals surface area (Å²) in [5.41, 5.74) is -2.24. The number of hydrogen-bond acceptors (Lipinski definition) is 4. The van der Waals surface area contributed by atoms with Crippen LogP contribution in [0.4, 0.5) is 4.79 Å². The standard InChI is InChI=1S/C10H18N2O5S/c1-9(2,7(13)14)11-8(15)12-10(3)4-5-18(16,17)6-10/h4-6H2,1-3H3,(H,13,14)(H2,11,12,15). The van der Waals surface area contributed by atoms with Gasteiger partial charge < -0.3 is 15.7 Å². The number of carbonyl (C=O) groups excluding carboxylic acids is 1. The molecule has 1 unspecified atom stereocenters. The molecule has 18 heavy (non-hydrogen) atoms. The van der Waals surface area contributed by atoms with Gasteiger partial charge in [-0.1, -0.05) is 0 Å². The lowest BCUT2D eigenvalue weighted by Crippen LogP contribution is -2.58. The molecule has 1 atom stereocenters. The van der Waals surface area contributed by atoms with E-state index in [1.165, 1.54) is 13.8 Å². The molecule has 1 heterocycles. The number of nitrogens with one attached hydrogen (secondary N) is 2. The summed E-state index contributed by atoms with van der Waals surface area (Å²) < 4.78 is 22.7. The van der Waals surface area contributed by atoms with Crippen molar-refractivity contribution in [2.24, 2.45) is 0 Å². The van der Waals surface area contributed by atoms with Gasteiger partial charge in [-0.15, -0.1) is 0 Å². The smallest absolute Gasteiger partial charge is 0.328 e. The topological polar surface area (TPSA) is 113 Å². The van der Waals surface area contributed by atoms with Gasteiger partial charge in [-0.05, 0) is 27.2 Å². The van der Waals surface area contributed by atoms with Gasteiger partial charge in [0.05, 0.1) is 17.0 Å². The molecule has 1 saturated heterocycles. The van der Waals surface area contributed by atoms with Crippen LogP contribution >= 0.6 is 0 Å². The maximum absolute atomic E-state index is 11.7. The molecule has 2 amide bonds. The fraction of sp³-hybridized carbons (Fsp3) is 0.800. The van der Waals surface area contributed by atoms with Crippen molar-refractivity contribution in [1.29, 1.82) is 0 Å². The Bertz CT molecular complexity index is 471. The van der Waals surface area contributed by atoms with Crippen LogP contribution in [0.1, 0.15) is 27.2 Å². The number of sulfone groups is 1. The molecule has 3 N–H and O–H groups in total. The molecule has 1 aliphatic heterocycles. The summed E-state index contributed by atoms with van der Waals surface area (Å²) in [6.07, 6.45) is 0.330. The van der Waals surface area contributed by atoms with Gasteiger partial charge in [0.2, 0.25) is 0 Å². The van der Waals surface area contributed by atoms with Crippen molar-refractivity contribution >= 4 is 21.8 Å². The number of amides is 2. The second-order valence-electron chi connectivity index (χ2n) is 5.41. The van der Waals surface area contributed by atoms with Crippen molar-refractivity contribution in [3.05, 3.63) is 0 Å². The van der Waals surface area contributed by atoms with Gasteiger partial charge in [0, 0.05) is 0 Å². The minimum absolute atomic E-state index is 0.0338. The van der Waals surface area contributed by atoms with E-state index >= 15 is 0 Å². The number of rotatable bonds is 3. The summed E-state index contributed by atoms with van der Waals surface area (Å²) in [5.74, 6) is -1.26. The molecular weight excluding hydrogens is 260 g/mol. The molecule has 0 aromatic carbocycles. The van der Waals surface area contributed by atoms with E-state index < -0.39 is 32.9 Å². The van der Waals surface area contributed by atoms with Crippen LogP contribution in [0.2, 0.25) is 0 Å². The van der Waals surface area contributed by atoms with Crippen LogP contribution in [0.3, 0.4) is 0 Å². The molecule has 0 spiro atoms. The summed E-state index contributed by atoms with van der Waals surface area (Å²) in [7, 11) is -3.12. The lowest BCUT2D eigenvalue weighted by atomic mass is 10.0. The van der Waals surface area contributed by atoms with E-state index in [2.05, 4.69) is 10.6 Å². The number of carbonyl (C=O) groups is 2. The van der Waals surface area contributed by atoms with Crippen molar-refractivity contribution in [2.45, 2.75) is 38.3 Å². The summed E-state index contributed by atoms with van der Waals surface area (Å²) in [6.45, 7) is 4.33. The molecule has 8 heteroatoms. The minimum atomic E-state index is -3.12. The van der Waals surface area contributed by atoms with Gasteiger partial charge in [-0.25, -0.2) is 18.0 Å². The fourth-order valence-corrected chi connectivity index (χ4v) is 3.84. The highest BCUT2D eigenvalue weighted by Gasteiger charge is 2.40. The third-order valence-corrected chi connectivity index (χ3v) is 4.78. The molecular formula is C10H18N2O5S. The zero-order chi connectivity index (χ0) is 14.2. The van der Waals surface area contributed by atoms with Crippen LogP contribution in [0.25, 0.3) is 0 Å². The summed E-state index contributed by atoms with van der Waals surface area (Å²) in [4.78, 5) is 22.5. The first-order chi connectivity index (χ1) is 7.96. The third-order valence-electron chi connectivity index (χ3n) is 2.88. The maximum Gasteiger partial charge on any atom is 0.328 e. The van der Waals surface area contributed by atoms with Gasteiger partial charge in [0.1, 0.15) is 5.54 Å². The lowest BCUT2D eigenvalue weighted by molar-refractivity contribution is -0.142. The largest absolute Gasteiger partial charge is 0.480 e. The Labute approximate surface area is 106 Å². The van der Waals surface area contributed by atoms with E-state index in [0.717, 1.165) is 0 Å². The van der Waals surface area contributed by atoms with Crippen molar-refractivity contribution in [3.8, 4) is 0 Å². The zero-order valence-corrected chi connectivity index (χ0v) is 11.4. The molecule has 0 saturated carbocycles. The minimum Gasteiger partial charge on any atom is -0.480 e. The highest BCUT2D eigenvalue weighted by Crippen LogP contribution is 2.22. The zero-order valence-electron chi connectivity index (χ0n) is 10.6. The molecule has 1 aliphatic rings. The van der Waals surface area contributed by atoms with E-state index in [0.29, 0.717) is 6.42 Å². The van der Waals surface area contributed by atoms with Crippen LogP contribution in [0.5, 0.6) is 0 Å². The second-order valence-corrected chi connectivity index (χ2v) is 7.60. The Morgan fingerprint density at radius 1 is 1.33 bits per heavy atom. The number of hydrogen-bond donors (Lipinski definition) is 3. The quantitative estimate of drug-likeness (QED) is 0.657. The molecule has 104 valence electrons. The SMILES string of the molecule is CC1(NC(=O)NC(C)(C)C(=O)O)CCS(=O)(=O)C1. The molecule has 1 fully saturated rings. The van der Waals surface area contributed by atoms with Gasteiger partial charge in [-0.2, -0.15) is 0 Å². The summed E-state index contributed by atoms with van der Waals surface area (Å²) in [6, 6.07) is -0.679. The molecule has 7 nitrogen and oxygen atoms in total. The highest BCUT2D eigenvalue weighted by molar-refractivity contribution is 7.91. The number of carboxylic acid groups (broad SMARTS) is 1. The van der Waals surface area contributed by atoms with Crippen LogP contribution in [-0.2, 0) is 14.6 Å². The van der Waals surface area contributed by atoms with E-state index in [4.69, 9.17) is 5.11 Å². The number of urea groups is 1. The number of carboxylic acids is 1. The normalized spacial score (nSPS) is 26.6. The monoisotopic (exact) mass is 278 g/mol. The van der Waals surface area contributed by atoms with E-state index in [-0.39, 0.29) is 11.5 Å². The average Bonchev–Trinajstić information content (AvgIpc) is 2.38. The average molecular weight is 278 g/mol. The summed E-state index contributed by atoms with van der Waals surface area (Å²) >= 11 is 0. The first kappa shape index (κ1) is 14.7. The van der Waals surface area contributed by atoms with Crippen LogP contribution in [-0.4, -0.2) is 48.1 Å². The summed E-state index contributed by atoms with van der Waals surface area (Å²) in [5, 5.41) is 13.7. The first-order valence-electron chi connectivity index (χ1n) is 5.50. The molecule has 0 aliphatic carbocycles. The van der Waals surface area contributed by atoms with E-state index in [1.54, 1.807) is 6.92 Å². The lowest BCUT2D eigenvalue weighted by Gasteiger charge is -2.27. The van der Waals surface area contributed by atoms with Crippen molar-refractivity contribution in [2.75, 3.05) is 11.5 Å². The predicted octanol–water partition coefficient (Wildman–Crippen LogP) is -0.274. The Kier molecular flexibility index (Phi) is 3.62. The molecule has 1 rings (SSSR count). The Morgan fingerprint density at radius 3 is 2.28 bits per heavy atom. The first-order valence-corrected chi connectivity index (χ1v) is 7.32. The van der Waals surface area contributed by atoms with Gasteiger partial charge in [0.25, 0.3) is 0 Å². The van der Waals surface area contributed by atoms with Crippen LogP contribution in [0, 0.1) is 0 Å². The van der Waals surface area contributed by atoms with Crippen LogP contribution < -0.4 is 10.6 Å². The van der Waals surface area contributed by atoms with Crippen molar-refractivity contribution in [1.82, 2.24) is 10.6 Å². The molecule has 0 aromatic heterocycles. The van der Waals surface area contributed by atoms with Crippen molar-refractivity contribution in [3.63, 3.8) is 0 Å². The Morgan fingerprint density at radius 2 is 1.89 bits per heavy atom. The Balaban J connectivity index is 2.64. The van der Waals surface area contributed by atoms with Gasteiger partial charge >= 0.3 is 12.0 Å². The fourth-order valence-electron chi connectivity index (χ4n) is 1.75. The number of aliphatic carboxylic acids is 1. The predicted molar refractivity (Wildman–Crippen MR) is 65.1 cm³/mol. The molecule has 0 radical (unpaired) electrons. The second kappa shape index (κ2) is 4.42. The van der Waals surface area contributed by atoms with E-state index in [9.17, 15) is 18.0 Å². The highest BCUT2D eigenvalue weighted by atomic mass is 32.2. The third kappa shape index (κ3) is 3.59. The maximum atomic E-state index is 11.7. The van der Waals surface area contributed by atoms with E-state index in [1.807, 2.05) is 0 Å². The van der Waals surface area contributed by atoms with Crippen LogP contribution in [0.15, 0.2) is 0 Å².